The predicted octanol–water partition coefficient (Wildman–Crippen LogP) is 1.13. The second-order valence-electron chi connectivity index (χ2n) is 3.83. The van der Waals surface area contributed by atoms with Crippen molar-refractivity contribution >= 4 is 0 Å². The van der Waals surface area contributed by atoms with Gasteiger partial charge in [-0.2, -0.15) is 0 Å². The number of aliphatic hydroxyl groups excluding tert-OH is 2. The third-order valence-electron chi connectivity index (χ3n) is 2.17. The summed E-state index contributed by atoms with van der Waals surface area (Å²) in [6, 6.07) is 3.50. The maximum absolute atomic E-state index is 9.86. The number of nitrogens with zero attached hydrogens (tertiary/aromatic N) is 1. The topological polar surface area (TPSA) is 53.4 Å². The van der Waals surface area contributed by atoms with Crippen LogP contribution >= 0.6 is 0 Å². The van der Waals surface area contributed by atoms with Crippen molar-refractivity contribution in [3.8, 4) is 0 Å². The SMILES string of the molecule is CC(C)(CO)[C@H](O)c1ccncc1. The molecular formula is C10H15NO2. The van der Waals surface area contributed by atoms with Gasteiger partial charge < -0.3 is 10.2 Å². The molecule has 13 heavy (non-hydrogen) atoms. The number of hydrogen-bond donors (Lipinski definition) is 2. The zero-order valence-corrected chi connectivity index (χ0v) is 7.94. The first-order valence-corrected chi connectivity index (χ1v) is 4.27. The van der Waals surface area contributed by atoms with Crippen LogP contribution in [0.5, 0.6) is 0 Å². The second-order valence-corrected chi connectivity index (χ2v) is 3.83. The zero-order valence-electron chi connectivity index (χ0n) is 7.94. The Bertz CT molecular complexity index is 259. The van der Waals surface area contributed by atoms with E-state index in [0.29, 0.717) is 0 Å². The highest BCUT2D eigenvalue weighted by molar-refractivity contribution is 5.15. The van der Waals surface area contributed by atoms with Gasteiger partial charge in [-0.1, -0.05) is 13.8 Å². The molecule has 72 valence electrons. The van der Waals surface area contributed by atoms with Crippen LogP contribution in [-0.2, 0) is 0 Å². The van der Waals surface area contributed by atoms with Gasteiger partial charge in [-0.15, -0.1) is 0 Å². The summed E-state index contributed by atoms with van der Waals surface area (Å²) in [4.78, 5) is 3.86. The van der Waals surface area contributed by atoms with Gasteiger partial charge in [-0.05, 0) is 17.7 Å². The first-order valence-electron chi connectivity index (χ1n) is 4.27. The average Bonchev–Trinajstić information content (AvgIpc) is 2.18. The highest BCUT2D eigenvalue weighted by atomic mass is 16.3. The normalized spacial score (nSPS) is 14.2. The molecule has 0 aliphatic rings. The molecule has 0 spiro atoms. The minimum absolute atomic E-state index is 0.0451. The van der Waals surface area contributed by atoms with E-state index in [4.69, 9.17) is 5.11 Å². The monoisotopic (exact) mass is 181 g/mol. The Morgan fingerprint density at radius 3 is 2.38 bits per heavy atom. The van der Waals surface area contributed by atoms with Gasteiger partial charge in [-0.3, -0.25) is 4.98 Å². The fraction of sp³-hybridized carbons (Fsp3) is 0.500. The van der Waals surface area contributed by atoms with Gasteiger partial charge in [0.1, 0.15) is 0 Å². The molecule has 0 fully saturated rings. The Morgan fingerprint density at radius 2 is 1.92 bits per heavy atom. The molecule has 0 aromatic carbocycles. The van der Waals surface area contributed by atoms with Gasteiger partial charge in [0.25, 0.3) is 0 Å². The van der Waals surface area contributed by atoms with E-state index in [1.807, 2.05) is 13.8 Å². The Morgan fingerprint density at radius 1 is 1.38 bits per heavy atom. The predicted molar refractivity (Wildman–Crippen MR) is 50.1 cm³/mol. The fourth-order valence-corrected chi connectivity index (χ4v) is 1.08. The van der Waals surface area contributed by atoms with Gasteiger partial charge >= 0.3 is 0 Å². The van der Waals surface area contributed by atoms with Crippen molar-refractivity contribution in [1.29, 1.82) is 0 Å². The summed E-state index contributed by atoms with van der Waals surface area (Å²) >= 11 is 0. The molecule has 3 nitrogen and oxygen atoms in total. The van der Waals surface area contributed by atoms with Crippen molar-refractivity contribution in [3.63, 3.8) is 0 Å². The quantitative estimate of drug-likeness (QED) is 0.735. The highest BCUT2D eigenvalue weighted by Gasteiger charge is 2.27. The van der Waals surface area contributed by atoms with Crippen LogP contribution in [-0.4, -0.2) is 21.8 Å². The van der Waals surface area contributed by atoms with Crippen molar-refractivity contribution in [2.75, 3.05) is 6.61 Å². The third-order valence-corrected chi connectivity index (χ3v) is 2.17. The maximum atomic E-state index is 9.86. The average molecular weight is 181 g/mol. The van der Waals surface area contributed by atoms with Crippen molar-refractivity contribution in [2.24, 2.45) is 5.41 Å². The highest BCUT2D eigenvalue weighted by Crippen LogP contribution is 2.31. The molecule has 0 bridgehead atoms. The Hall–Kier alpha value is -0.930. The van der Waals surface area contributed by atoms with E-state index < -0.39 is 11.5 Å². The number of pyridine rings is 1. The molecule has 0 aliphatic carbocycles. The lowest BCUT2D eigenvalue weighted by Gasteiger charge is -2.28. The molecule has 1 rings (SSSR count). The number of aromatic nitrogens is 1. The van der Waals surface area contributed by atoms with Gasteiger partial charge in [-0.25, -0.2) is 0 Å². The third kappa shape index (κ3) is 2.26. The maximum Gasteiger partial charge on any atom is 0.0863 e. The van der Waals surface area contributed by atoms with Gasteiger partial charge in [0.15, 0.2) is 0 Å². The molecule has 1 atom stereocenters. The van der Waals surface area contributed by atoms with E-state index >= 15 is 0 Å². The van der Waals surface area contributed by atoms with Crippen molar-refractivity contribution < 1.29 is 10.2 Å². The molecule has 0 unspecified atom stereocenters. The molecule has 1 heterocycles. The molecule has 0 saturated carbocycles. The smallest absolute Gasteiger partial charge is 0.0863 e. The lowest BCUT2D eigenvalue weighted by atomic mass is 9.84. The molecule has 0 amide bonds. The Labute approximate surface area is 78.1 Å². The van der Waals surface area contributed by atoms with Crippen molar-refractivity contribution in [3.05, 3.63) is 30.1 Å². The van der Waals surface area contributed by atoms with Gasteiger partial charge in [0.2, 0.25) is 0 Å². The van der Waals surface area contributed by atoms with E-state index in [0.717, 1.165) is 5.56 Å². The number of hydrogen-bond acceptors (Lipinski definition) is 3. The van der Waals surface area contributed by atoms with E-state index in [1.54, 1.807) is 24.5 Å². The first-order chi connectivity index (χ1) is 6.08. The zero-order chi connectivity index (χ0) is 9.90. The molecule has 3 heteroatoms. The fourth-order valence-electron chi connectivity index (χ4n) is 1.08. The van der Waals surface area contributed by atoms with Crippen LogP contribution in [0.15, 0.2) is 24.5 Å². The van der Waals surface area contributed by atoms with Crippen molar-refractivity contribution in [2.45, 2.75) is 20.0 Å². The summed E-state index contributed by atoms with van der Waals surface area (Å²) in [6.07, 6.45) is 2.61. The summed E-state index contributed by atoms with van der Waals surface area (Å²) in [5, 5.41) is 18.9. The van der Waals surface area contributed by atoms with Crippen LogP contribution in [0, 0.1) is 5.41 Å². The van der Waals surface area contributed by atoms with Gasteiger partial charge in [0, 0.05) is 17.8 Å². The molecule has 0 aliphatic heterocycles. The minimum Gasteiger partial charge on any atom is -0.396 e. The largest absolute Gasteiger partial charge is 0.396 e. The minimum atomic E-state index is -0.652. The van der Waals surface area contributed by atoms with E-state index in [1.165, 1.54) is 0 Å². The summed E-state index contributed by atoms with van der Waals surface area (Å²) < 4.78 is 0. The Kier molecular flexibility index (Phi) is 3.01. The Balaban J connectivity index is 2.85. The molecule has 1 aromatic rings. The van der Waals surface area contributed by atoms with E-state index in [9.17, 15) is 5.11 Å². The summed E-state index contributed by atoms with van der Waals surface area (Å²) in [7, 11) is 0. The van der Waals surface area contributed by atoms with Crippen LogP contribution in [0.4, 0.5) is 0 Å². The lowest BCUT2D eigenvalue weighted by Crippen LogP contribution is -2.25. The number of rotatable bonds is 3. The number of aliphatic hydroxyl groups is 2. The van der Waals surface area contributed by atoms with Gasteiger partial charge in [0.05, 0.1) is 12.7 Å². The summed E-state index contributed by atoms with van der Waals surface area (Å²) in [5.74, 6) is 0. The summed E-state index contributed by atoms with van der Waals surface area (Å²) in [5.41, 5.74) is 0.274. The van der Waals surface area contributed by atoms with Crippen LogP contribution < -0.4 is 0 Å². The first kappa shape index (κ1) is 10.2. The molecule has 1 aromatic heterocycles. The molecule has 0 radical (unpaired) electrons. The van der Waals surface area contributed by atoms with E-state index in [-0.39, 0.29) is 6.61 Å². The molecule has 2 N–H and O–H groups in total. The standard InChI is InChI=1S/C10H15NO2/c1-10(2,7-12)9(13)8-3-5-11-6-4-8/h3-6,9,12-13H,7H2,1-2H3/t9-/m1/s1. The van der Waals surface area contributed by atoms with Crippen molar-refractivity contribution in [1.82, 2.24) is 4.98 Å². The van der Waals surface area contributed by atoms with E-state index in [2.05, 4.69) is 4.98 Å². The van der Waals surface area contributed by atoms with Crippen LogP contribution in [0.3, 0.4) is 0 Å². The summed E-state index contributed by atoms with van der Waals surface area (Å²) in [6.45, 7) is 3.59. The second kappa shape index (κ2) is 3.85. The van der Waals surface area contributed by atoms with Crippen LogP contribution in [0.25, 0.3) is 0 Å². The van der Waals surface area contributed by atoms with Crippen LogP contribution in [0.2, 0.25) is 0 Å². The van der Waals surface area contributed by atoms with Crippen LogP contribution in [0.1, 0.15) is 25.5 Å². The lowest BCUT2D eigenvalue weighted by molar-refractivity contribution is 0.00633. The molecular weight excluding hydrogens is 166 g/mol. The molecule has 0 saturated heterocycles.